The first-order chi connectivity index (χ1) is 10.8. The van der Waals surface area contributed by atoms with Crippen LogP contribution in [0.1, 0.15) is 38.3 Å². The molecule has 0 fully saturated rings. The van der Waals surface area contributed by atoms with E-state index in [9.17, 15) is 14.4 Å². The van der Waals surface area contributed by atoms with Gasteiger partial charge in [-0.2, -0.15) is 0 Å². The summed E-state index contributed by atoms with van der Waals surface area (Å²) in [7, 11) is 0. The molecule has 118 valence electrons. The van der Waals surface area contributed by atoms with E-state index in [2.05, 4.69) is 5.32 Å². The number of carbonyl (C=O) groups is 3. The second kappa shape index (κ2) is 6.87. The van der Waals surface area contributed by atoms with Crippen LogP contribution in [0.4, 0.5) is 5.69 Å². The van der Waals surface area contributed by atoms with Crippen molar-refractivity contribution >= 4 is 23.3 Å². The fraction of sp³-hybridized carbons (Fsp3) is 0.167. The smallest absolute Gasteiger partial charge is 0.311 e. The number of nitrogens with one attached hydrogen (secondary N) is 1. The van der Waals surface area contributed by atoms with E-state index in [1.54, 1.807) is 0 Å². The van der Waals surface area contributed by atoms with Gasteiger partial charge in [0.15, 0.2) is 5.78 Å². The summed E-state index contributed by atoms with van der Waals surface area (Å²) in [5.74, 6) is -1.95. The predicted molar refractivity (Wildman–Crippen MR) is 86.9 cm³/mol. The molecule has 0 saturated carbocycles. The standard InChI is InChI=1S/C18H17NO4/c1-11-7-12(2)9-15(8-11)19-18(23)14-5-3-13(4-6-14)16(20)10-17(21)22/h3-9H,10H2,1-2H3,(H,19,23)(H,21,22). The van der Waals surface area contributed by atoms with E-state index in [0.717, 1.165) is 11.1 Å². The maximum Gasteiger partial charge on any atom is 0.311 e. The summed E-state index contributed by atoms with van der Waals surface area (Å²) >= 11 is 0. The van der Waals surface area contributed by atoms with Gasteiger partial charge in [0.2, 0.25) is 0 Å². The summed E-state index contributed by atoms with van der Waals surface area (Å²) < 4.78 is 0. The molecule has 2 rings (SSSR count). The predicted octanol–water partition coefficient (Wildman–Crippen LogP) is 3.21. The number of ketones is 1. The van der Waals surface area contributed by atoms with Gasteiger partial charge in [-0.05, 0) is 49.2 Å². The highest BCUT2D eigenvalue weighted by atomic mass is 16.4. The first-order valence-corrected chi connectivity index (χ1v) is 7.10. The normalized spacial score (nSPS) is 10.2. The van der Waals surface area contributed by atoms with Gasteiger partial charge in [-0.25, -0.2) is 0 Å². The van der Waals surface area contributed by atoms with Crippen molar-refractivity contribution in [2.45, 2.75) is 20.3 Å². The largest absolute Gasteiger partial charge is 0.481 e. The molecular formula is C18H17NO4. The molecule has 0 heterocycles. The van der Waals surface area contributed by atoms with Gasteiger partial charge in [-0.1, -0.05) is 18.2 Å². The fourth-order valence-electron chi connectivity index (χ4n) is 2.30. The van der Waals surface area contributed by atoms with E-state index >= 15 is 0 Å². The van der Waals surface area contributed by atoms with Crippen molar-refractivity contribution in [3.63, 3.8) is 0 Å². The Kier molecular flexibility index (Phi) is 4.91. The Morgan fingerprint density at radius 2 is 1.43 bits per heavy atom. The first kappa shape index (κ1) is 16.4. The highest BCUT2D eigenvalue weighted by Gasteiger charge is 2.12. The third-order valence-electron chi connectivity index (χ3n) is 3.26. The number of rotatable bonds is 5. The van der Waals surface area contributed by atoms with Gasteiger partial charge >= 0.3 is 5.97 Å². The zero-order chi connectivity index (χ0) is 17.0. The Hall–Kier alpha value is -2.95. The molecule has 2 aromatic rings. The zero-order valence-electron chi connectivity index (χ0n) is 12.9. The minimum Gasteiger partial charge on any atom is -0.481 e. The summed E-state index contributed by atoms with van der Waals surface area (Å²) in [6.07, 6.45) is -0.561. The number of aliphatic carboxylic acids is 1. The monoisotopic (exact) mass is 311 g/mol. The molecule has 1 amide bonds. The third-order valence-corrected chi connectivity index (χ3v) is 3.26. The molecule has 5 nitrogen and oxygen atoms in total. The number of anilines is 1. The van der Waals surface area contributed by atoms with E-state index in [1.165, 1.54) is 24.3 Å². The lowest BCUT2D eigenvalue weighted by Gasteiger charge is -2.08. The third kappa shape index (κ3) is 4.51. The maximum absolute atomic E-state index is 12.2. The number of Topliss-reactive ketones (excluding diaryl/α,β-unsaturated/α-hetero) is 1. The van der Waals surface area contributed by atoms with Crippen LogP contribution >= 0.6 is 0 Å². The number of carboxylic acid groups (broad SMARTS) is 1. The number of hydrogen-bond acceptors (Lipinski definition) is 3. The molecule has 0 aromatic heterocycles. The summed E-state index contributed by atoms with van der Waals surface area (Å²) in [5.41, 5.74) is 3.48. The van der Waals surface area contributed by atoms with Crippen molar-refractivity contribution < 1.29 is 19.5 Å². The second-order valence-corrected chi connectivity index (χ2v) is 5.40. The van der Waals surface area contributed by atoms with E-state index in [-0.39, 0.29) is 11.5 Å². The number of aryl methyl sites for hydroxylation is 2. The molecule has 0 spiro atoms. The van der Waals surface area contributed by atoms with E-state index in [0.29, 0.717) is 11.3 Å². The van der Waals surface area contributed by atoms with Crippen molar-refractivity contribution in [2.75, 3.05) is 5.32 Å². The molecule has 0 saturated heterocycles. The lowest BCUT2D eigenvalue weighted by molar-refractivity contribution is -0.135. The zero-order valence-corrected chi connectivity index (χ0v) is 12.9. The van der Waals surface area contributed by atoms with Gasteiger partial charge in [0, 0.05) is 16.8 Å². The highest BCUT2D eigenvalue weighted by molar-refractivity contribution is 6.07. The van der Waals surface area contributed by atoms with Crippen LogP contribution in [0.3, 0.4) is 0 Å². The fourth-order valence-corrected chi connectivity index (χ4v) is 2.30. The van der Waals surface area contributed by atoms with Crippen LogP contribution in [0, 0.1) is 13.8 Å². The lowest BCUT2D eigenvalue weighted by Crippen LogP contribution is -2.13. The Morgan fingerprint density at radius 1 is 0.913 bits per heavy atom. The molecule has 0 aliphatic carbocycles. The van der Waals surface area contributed by atoms with Crippen LogP contribution in [0.15, 0.2) is 42.5 Å². The van der Waals surface area contributed by atoms with Gasteiger partial charge in [0.1, 0.15) is 6.42 Å². The van der Waals surface area contributed by atoms with Crippen LogP contribution in [0.25, 0.3) is 0 Å². The van der Waals surface area contributed by atoms with E-state index in [1.807, 2.05) is 32.0 Å². The molecular weight excluding hydrogens is 294 g/mol. The SMILES string of the molecule is Cc1cc(C)cc(NC(=O)c2ccc(C(=O)CC(=O)O)cc2)c1. The van der Waals surface area contributed by atoms with Crippen LogP contribution in [-0.2, 0) is 4.79 Å². The van der Waals surface area contributed by atoms with Gasteiger partial charge in [-0.3, -0.25) is 14.4 Å². The second-order valence-electron chi connectivity index (χ2n) is 5.40. The highest BCUT2D eigenvalue weighted by Crippen LogP contribution is 2.15. The minimum absolute atomic E-state index is 0.273. The van der Waals surface area contributed by atoms with Gasteiger partial charge in [-0.15, -0.1) is 0 Å². The number of hydrogen-bond donors (Lipinski definition) is 2. The van der Waals surface area contributed by atoms with Crippen molar-refractivity contribution in [3.8, 4) is 0 Å². The number of carboxylic acids is 1. The molecule has 0 atom stereocenters. The Morgan fingerprint density at radius 3 is 1.96 bits per heavy atom. The van der Waals surface area contributed by atoms with Crippen molar-refractivity contribution in [1.29, 1.82) is 0 Å². The van der Waals surface area contributed by atoms with E-state index in [4.69, 9.17) is 5.11 Å². The minimum atomic E-state index is -1.17. The van der Waals surface area contributed by atoms with Crippen LogP contribution in [0.2, 0.25) is 0 Å². The van der Waals surface area contributed by atoms with Crippen molar-refractivity contribution in [2.24, 2.45) is 0 Å². The Labute approximate surface area is 134 Å². The topological polar surface area (TPSA) is 83.5 Å². The molecule has 0 radical (unpaired) electrons. The lowest BCUT2D eigenvalue weighted by atomic mass is 10.1. The molecule has 23 heavy (non-hydrogen) atoms. The summed E-state index contributed by atoms with van der Waals surface area (Å²) in [5, 5.41) is 11.4. The van der Waals surface area contributed by atoms with Crippen LogP contribution in [0.5, 0.6) is 0 Å². The number of carbonyl (C=O) groups excluding carboxylic acids is 2. The molecule has 2 N–H and O–H groups in total. The first-order valence-electron chi connectivity index (χ1n) is 7.10. The Balaban J connectivity index is 2.11. The summed E-state index contributed by atoms with van der Waals surface area (Å²) in [6, 6.07) is 11.7. The quantitative estimate of drug-likeness (QED) is 0.656. The Bertz CT molecular complexity index is 743. The molecule has 0 bridgehead atoms. The van der Waals surface area contributed by atoms with Crippen molar-refractivity contribution in [1.82, 2.24) is 0 Å². The van der Waals surface area contributed by atoms with Crippen LogP contribution in [-0.4, -0.2) is 22.8 Å². The van der Waals surface area contributed by atoms with Gasteiger partial charge < -0.3 is 10.4 Å². The molecule has 0 aliphatic rings. The van der Waals surface area contributed by atoms with Gasteiger partial charge in [0.05, 0.1) is 0 Å². The van der Waals surface area contributed by atoms with E-state index < -0.39 is 18.2 Å². The van der Waals surface area contributed by atoms with Gasteiger partial charge in [0.25, 0.3) is 5.91 Å². The molecule has 2 aromatic carbocycles. The maximum atomic E-state index is 12.2. The molecule has 5 heteroatoms. The van der Waals surface area contributed by atoms with Crippen molar-refractivity contribution in [3.05, 3.63) is 64.7 Å². The summed E-state index contributed by atoms with van der Waals surface area (Å²) in [6.45, 7) is 3.90. The average molecular weight is 311 g/mol. The average Bonchev–Trinajstić information content (AvgIpc) is 2.45. The summed E-state index contributed by atoms with van der Waals surface area (Å²) in [4.78, 5) is 34.4. The number of amides is 1. The molecule has 0 aliphatic heterocycles. The van der Waals surface area contributed by atoms with Crippen LogP contribution < -0.4 is 5.32 Å². The number of benzene rings is 2. The molecule has 0 unspecified atom stereocenters.